The lowest BCUT2D eigenvalue weighted by molar-refractivity contribution is -0.384. The van der Waals surface area contributed by atoms with Gasteiger partial charge < -0.3 is 9.80 Å². The molecule has 142 valence electrons. The van der Waals surface area contributed by atoms with Crippen molar-refractivity contribution < 1.29 is 9.72 Å². The minimum absolute atomic E-state index is 0.00844. The molecule has 1 heterocycles. The third kappa shape index (κ3) is 4.08. The number of hydrogen-bond donors (Lipinski definition) is 0. The highest BCUT2D eigenvalue weighted by Crippen LogP contribution is 2.39. The number of nitrogens with zero attached hydrogens (tertiary/aromatic N) is 3. The van der Waals surface area contributed by atoms with Crippen LogP contribution in [0, 0.1) is 10.1 Å². The molecule has 0 aliphatic carbocycles. The van der Waals surface area contributed by atoms with Crippen LogP contribution >= 0.6 is 11.8 Å². The maximum Gasteiger partial charge on any atom is 0.269 e. The van der Waals surface area contributed by atoms with Crippen molar-refractivity contribution in [2.75, 3.05) is 30.3 Å². The molecule has 1 atom stereocenters. The average Bonchev–Trinajstić information content (AvgIpc) is 3.19. The van der Waals surface area contributed by atoms with Gasteiger partial charge in [-0.2, -0.15) is 0 Å². The quantitative estimate of drug-likeness (QED) is 0.547. The molecule has 2 aromatic carbocycles. The number of non-ortho nitro benzene ring substituents is 1. The second-order valence-electron chi connectivity index (χ2n) is 6.29. The molecule has 1 amide bonds. The zero-order valence-electron chi connectivity index (χ0n) is 15.5. The summed E-state index contributed by atoms with van der Waals surface area (Å²) >= 11 is 1.74. The maximum absolute atomic E-state index is 12.9. The third-order valence-corrected chi connectivity index (χ3v) is 6.04. The highest BCUT2D eigenvalue weighted by Gasteiger charge is 2.31. The molecular formula is C20H23N3O3S. The second-order valence-corrected chi connectivity index (χ2v) is 7.48. The van der Waals surface area contributed by atoms with Crippen molar-refractivity contribution in [2.24, 2.45) is 0 Å². The molecule has 2 aromatic rings. The van der Waals surface area contributed by atoms with Gasteiger partial charge in [0.05, 0.1) is 4.92 Å². The summed E-state index contributed by atoms with van der Waals surface area (Å²) < 4.78 is 0. The number of nitro groups is 1. The van der Waals surface area contributed by atoms with E-state index in [1.807, 2.05) is 4.90 Å². The fourth-order valence-electron chi connectivity index (χ4n) is 3.28. The first kappa shape index (κ1) is 19.2. The van der Waals surface area contributed by atoms with Crippen LogP contribution in [-0.4, -0.2) is 41.1 Å². The van der Waals surface area contributed by atoms with E-state index in [0.29, 0.717) is 12.1 Å². The van der Waals surface area contributed by atoms with Crippen molar-refractivity contribution in [1.82, 2.24) is 4.90 Å². The number of thioether (sulfide) groups is 1. The SMILES string of the molecule is CCN(CC)c1ccc([C@@H]2SCCN2C(=O)c2ccc([N+](=O)[O-])cc2)cc1. The van der Waals surface area contributed by atoms with Crippen LogP contribution in [0.1, 0.15) is 35.1 Å². The normalized spacial score (nSPS) is 16.4. The zero-order chi connectivity index (χ0) is 19.4. The van der Waals surface area contributed by atoms with Gasteiger partial charge >= 0.3 is 0 Å². The Morgan fingerprint density at radius 3 is 2.33 bits per heavy atom. The van der Waals surface area contributed by atoms with Crippen molar-refractivity contribution in [3.05, 3.63) is 69.8 Å². The summed E-state index contributed by atoms with van der Waals surface area (Å²) in [6.45, 7) is 6.85. The summed E-state index contributed by atoms with van der Waals surface area (Å²) in [5, 5.41) is 10.8. The van der Waals surface area contributed by atoms with E-state index in [-0.39, 0.29) is 17.0 Å². The van der Waals surface area contributed by atoms with Crippen molar-refractivity contribution in [1.29, 1.82) is 0 Å². The van der Waals surface area contributed by atoms with E-state index in [0.717, 1.165) is 24.4 Å². The van der Waals surface area contributed by atoms with Crippen LogP contribution in [0.25, 0.3) is 0 Å². The van der Waals surface area contributed by atoms with E-state index >= 15 is 0 Å². The van der Waals surface area contributed by atoms with Crippen LogP contribution in [0.15, 0.2) is 48.5 Å². The van der Waals surface area contributed by atoms with Crippen LogP contribution in [0.4, 0.5) is 11.4 Å². The highest BCUT2D eigenvalue weighted by molar-refractivity contribution is 7.99. The van der Waals surface area contributed by atoms with Gasteiger partial charge in [-0.05, 0) is 43.7 Å². The Kier molecular flexibility index (Phi) is 6.01. The predicted molar refractivity (Wildman–Crippen MR) is 109 cm³/mol. The van der Waals surface area contributed by atoms with Crippen LogP contribution in [-0.2, 0) is 0 Å². The Bertz CT molecular complexity index is 804. The minimum atomic E-state index is -0.458. The number of amides is 1. The summed E-state index contributed by atoms with van der Waals surface area (Å²) in [5.74, 6) is 0.786. The van der Waals surface area contributed by atoms with Gasteiger partial charge in [0.25, 0.3) is 11.6 Å². The Hall–Kier alpha value is -2.54. The van der Waals surface area contributed by atoms with Crippen LogP contribution in [0.3, 0.4) is 0 Å². The Balaban J connectivity index is 1.78. The first-order valence-corrected chi connectivity index (χ1v) is 10.1. The number of benzene rings is 2. The summed E-state index contributed by atoms with van der Waals surface area (Å²) in [6.07, 6.45) is 0. The number of anilines is 1. The standard InChI is InChI=1S/C20H23N3O3S/c1-3-21(4-2)17-9-7-16(8-10-17)20-22(13-14-27-20)19(24)15-5-11-18(12-6-15)23(25)26/h5-12,20H,3-4,13-14H2,1-2H3/t20-/m0/s1. The molecule has 27 heavy (non-hydrogen) atoms. The summed E-state index contributed by atoms with van der Waals surface area (Å²) in [6, 6.07) is 14.2. The molecule has 0 unspecified atom stereocenters. The minimum Gasteiger partial charge on any atom is -0.372 e. The average molecular weight is 385 g/mol. The molecule has 3 rings (SSSR count). The fourth-order valence-corrected chi connectivity index (χ4v) is 4.54. The molecule has 1 saturated heterocycles. The molecule has 0 bridgehead atoms. The van der Waals surface area contributed by atoms with Gasteiger partial charge in [-0.25, -0.2) is 0 Å². The van der Waals surface area contributed by atoms with Gasteiger partial charge in [0.2, 0.25) is 0 Å². The maximum atomic E-state index is 12.9. The van der Waals surface area contributed by atoms with E-state index < -0.39 is 4.92 Å². The largest absolute Gasteiger partial charge is 0.372 e. The van der Waals surface area contributed by atoms with Crippen molar-refractivity contribution in [3.8, 4) is 0 Å². The van der Waals surface area contributed by atoms with Gasteiger partial charge in [-0.3, -0.25) is 14.9 Å². The summed E-state index contributed by atoms with van der Waals surface area (Å²) in [4.78, 5) is 27.4. The van der Waals surface area contributed by atoms with E-state index in [1.54, 1.807) is 11.8 Å². The molecular weight excluding hydrogens is 362 g/mol. The highest BCUT2D eigenvalue weighted by atomic mass is 32.2. The smallest absolute Gasteiger partial charge is 0.269 e. The molecule has 1 fully saturated rings. The number of rotatable bonds is 6. The van der Waals surface area contributed by atoms with Crippen molar-refractivity contribution in [2.45, 2.75) is 19.2 Å². The monoisotopic (exact) mass is 385 g/mol. The van der Waals surface area contributed by atoms with Gasteiger partial charge in [-0.15, -0.1) is 11.8 Å². The number of hydrogen-bond acceptors (Lipinski definition) is 5. The topological polar surface area (TPSA) is 66.7 Å². The van der Waals surface area contributed by atoms with Crippen molar-refractivity contribution in [3.63, 3.8) is 0 Å². The molecule has 1 aliphatic heterocycles. The summed E-state index contributed by atoms with van der Waals surface area (Å²) in [5.41, 5.74) is 2.75. The second kappa shape index (κ2) is 8.43. The van der Waals surface area contributed by atoms with Gasteiger partial charge in [0.15, 0.2) is 0 Å². The van der Waals surface area contributed by atoms with Crippen LogP contribution in [0.2, 0.25) is 0 Å². The van der Waals surface area contributed by atoms with E-state index in [4.69, 9.17) is 0 Å². The lowest BCUT2D eigenvalue weighted by Gasteiger charge is -2.26. The van der Waals surface area contributed by atoms with E-state index in [1.165, 1.54) is 30.0 Å². The lowest BCUT2D eigenvalue weighted by Crippen LogP contribution is -2.30. The Morgan fingerprint density at radius 2 is 1.78 bits per heavy atom. The van der Waals surface area contributed by atoms with Gasteiger partial charge in [0.1, 0.15) is 5.37 Å². The first-order valence-electron chi connectivity index (χ1n) is 9.07. The zero-order valence-corrected chi connectivity index (χ0v) is 16.3. The Morgan fingerprint density at radius 1 is 1.15 bits per heavy atom. The fraction of sp³-hybridized carbons (Fsp3) is 0.350. The number of carbonyl (C=O) groups excluding carboxylic acids is 1. The molecule has 1 aliphatic rings. The van der Waals surface area contributed by atoms with Gasteiger partial charge in [0, 0.05) is 48.8 Å². The van der Waals surface area contributed by atoms with Crippen molar-refractivity contribution >= 4 is 29.0 Å². The Labute approximate surface area is 163 Å². The van der Waals surface area contributed by atoms with E-state index in [2.05, 4.69) is 43.0 Å². The molecule has 0 aromatic heterocycles. The molecule has 0 radical (unpaired) electrons. The molecule has 7 heteroatoms. The molecule has 0 N–H and O–H groups in total. The van der Waals surface area contributed by atoms with Crippen LogP contribution in [0.5, 0.6) is 0 Å². The number of nitro benzene ring substituents is 1. The molecule has 6 nitrogen and oxygen atoms in total. The predicted octanol–water partition coefficient (Wildman–Crippen LogP) is 4.33. The van der Waals surface area contributed by atoms with Gasteiger partial charge in [-0.1, -0.05) is 12.1 Å². The number of carbonyl (C=O) groups is 1. The third-order valence-electron chi connectivity index (χ3n) is 4.78. The molecule has 0 saturated carbocycles. The van der Waals surface area contributed by atoms with Crippen LogP contribution < -0.4 is 4.90 Å². The summed E-state index contributed by atoms with van der Waals surface area (Å²) in [7, 11) is 0. The molecule has 0 spiro atoms. The van der Waals surface area contributed by atoms with E-state index in [9.17, 15) is 14.9 Å². The first-order chi connectivity index (χ1) is 13.0. The lowest BCUT2D eigenvalue weighted by atomic mass is 10.1.